The van der Waals surface area contributed by atoms with E-state index in [1.807, 2.05) is 11.8 Å². The number of sulfonamides is 1. The molecular weight excluding hydrogens is 414 g/mol. The average Bonchev–Trinajstić information content (AvgIpc) is 2.75. The van der Waals surface area contributed by atoms with Crippen molar-refractivity contribution in [1.82, 2.24) is 10.3 Å². The van der Waals surface area contributed by atoms with Gasteiger partial charge in [0.05, 0.1) is 23.2 Å². The normalized spacial score (nSPS) is 14.6. The highest BCUT2D eigenvalue weighted by molar-refractivity contribution is 7.89. The van der Waals surface area contributed by atoms with E-state index >= 15 is 0 Å². The van der Waals surface area contributed by atoms with E-state index in [2.05, 4.69) is 10.7 Å². The van der Waals surface area contributed by atoms with Crippen LogP contribution in [-0.2, 0) is 10.0 Å². The summed E-state index contributed by atoms with van der Waals surface area (Å²) in [5, 5.41) is 40.5. The Labute approximate surface area is 174 Å². The second-order valence-electron chi connectivity index (χ2n) is 6.61. The first-order chi connectivity index (χ1) is 14.2. The number of nitrogens with one attached hydrogen (secondary N) is 3. The van der Waals surface area contributed by atoms with E-state index in [0.29, 0.717) is 0 Å². The minimum atomic E-state index is -3.97. The summed E-state index contributed by atoms with van der Waals surface area (Å²) in [6, 6.07) is 12.2. The maximum Gasteiger partial charge on any atom is 0.268 e. The number of hydrogen-bond donors (Lipinski definition) is 7. The molecule has 2 aromatic rings. The molecule has 0 aliphatic carbocycles. The van der Waals surface area contributed by atoms with E-state index in [1.165, 1.54) is 24.3 Å². The Kier molecular flexibility index (Phi) is 8.29. The van der Waals surface area contributed by atoms with Gasteiger partial charge in [-0.2, -0.15) is 0 Å². The molecule has 0 spiro atoms. The summed E-state index contributed by atoms with van der Waals surface area (Å²) >= 11 is 0. The third-order valence-corrected chi connectivity index (χ3v) is 5.54. The van der Waals surface area contributed by atoms with Crippen molar-refractivity contribution < 1.29 is 33.6 Å². The van der Waals surface area contributed by atoms with Crippen LogP contribution in [-0.4, -0.2) is 66.2 Å². The van der Waals surface area contributed by atoms with Gasteiger partial charge >= 0.3 is 0 Å². The van der Waals surface area contributed by atoms with Crippen LogP contribution in [0.3, 0.4) is 0 Å². The second-order valence-corrected chi connectivity index (χ2v) is 8.29. The molecule has 3 atom stereocenters. The number of aryl methyl sites for hydroxylation is 1. The number of amides is 1. The van der Waals surface area contributed by atoms with Crippen LogP contribution in [0.5, 0.6) is 0 Å². The highest BCUT2D eigenvalue weighted by Gasteiger charge is 2.24. The Bertz CT molecular complexity index is 951. The van der Waals surface area contributed by atoms with Crippen LogP contribution < -0.4 is 15.6 Å². The minimum Gasteiger partial charge on any atom is -0.394 e. The van der Waals surface area contributed by atoms with Gasteiger partial charge in [0.25, 0.3) is 15.9 Å². The highest BCUT2D eigenvalue weighted by atomic mass is 32.2. The first-order valence-corrected chi connectivity index (χ1v) is 10.5. The molecule has 0 aliphatic heterocycles. The molecule has 0 unspecified atom stereocenters. The standard InChI is InChI=1S/C19H25N3O7S/c1-12-6-8-13(9-7-12)30(28,29)22-21-19(27)14-4-2-3-5-15(14)20-10-16(24)18(26)17(25)11-23/h2-9,16-18,20,22-26H,10-11H2,1H3,(H,21,27)/t16-,17-,18+/m1/s1. The molecule has 0 bridgehead atoms. The van der Waals surface area contributed by atoms with Gasteiger partial charge in [-0.05, 0) is 31.2 Å². The van der Waals surface area contributed by atoms with Crippen molar-refractivity contribution in [2.24, 2.45) is 0 Å². The Hall–Kier alpha value is -2.54. The van der Waals surface area contributed by atoms with E-state index in [-0.39, 0.29) is 22.7 Å². The lowest BCUT2D eigenvalue weighted by molar-refractivity contribution is -0.0715. The molecule has 0 aliphatic rings. The van der Waals surface area contributed by atoms with Crippen LogP contribution >= 0.6 is 0 Å². The topological polar surface area (TPSA) is 168 Å². The summed E-state index contributed by atoms with van der Waals surface area (Å²) in [5.41, 5.74) is 3.35. The first kappa shape index (κ1) is 23.7. The quantitative estimate of drug-likeness (QED) is 0.234. The van der Waals surface area contributed by atoms with Crippen molar-refractivity contribution in [3.8, 4) is 0 Å². The minimum absolute atomic E-state index is 0.0145. The molecule has 0 radical (unpaired) electrons. The lowest BCUT2D eigenvalue weighted by atomic mass is 10.1. The molecule has 30 heavy (non-hydrogen) atoms. The molecule has 2 aromatic carbocycles. The van der Waals surface area contributed by atoms with Crippen LogP contribution in [0.2, 0.25) is 0 Å². The molecule has 0 fully saturated rings. The van der Waals surface area contributed by atoms with Gasteiger partial charge in [0.1, 0.15) is 12.2 Å². The molecule has 0 aromatic heterocycles. The van der Waals surface area contributed by atoms with E-state index in [9.17, 15) is 28.5 Å². The number of hydrazine groups is 1. The molecule has 7 N–H and O–H groups in total. The first-order valence-electron chi connectivity index (χ1n) is 9.02. The van der Waals surface area contributed by atoms with Gasteiger partial charge in [-0.25, -0.2) is 8.42 Å². The number of aliphatic hydroxyl groups is 4. The fraction of sp³-hybridized carbons (Fsp3) is 0.316. The molecule has 164 valence electrons. The van der Waals surface area contributed by atoms with Crippen LogP contribution in [0.15, 0.2) is 53.4 Å². The smallest absolute Gasteiger partial charge is 0.268 e. The fourth-order valence-corrected chi connectivity index (χ4v) is 3.33. The van der Waals surface area contributed by atoms with Gasteiger partial charge in [0.2, 0.25) is 0 Å². The van der Waals surface area contributed by atoms with Gasteiger partial charge in [-0.1, -0.05) is 29.8 Å². The molecular formula is C19H25N3O7S. The number of hydrogen-bond acceptors (Lipinski definition) is 8. The van der Waals surface area contributed by atoms with E-state index in [4.69, 9.17) is 5.11 Å². The van der Waals surface area contributed by atoms with E-state index in [1.54, 1.807) is 24.3 Å². The Morgan fingerprint density at radius 1 is 1.00 bits per heavy atom. The highest BCUT2D eigenvalue weighted by Crippen LogP contribution is 2.16. The Morgan fingerprint density at radius 2 is 1.63 bits per heavy atom. The maximum absolute atomic E-state index is 12.5. The number of carbonyl (C=O) groups excluding carboxylic acids is 1. The van der Waals surface area contributed by atoms with Crippen LogP contribution in [0, 0.1) is 6.92 Å². The van der Waals surface area contributed by atoms with Crippen molar-refractivity contribution in [2.75, 3.05) is 18.5 Å². The van der Waals surface area contributed by atoms with Crippen molar-refractivity contribution in [3.63, 3.8) is 0 Å². The molecule has 11 heteroatoms. The summed E-state index contributed by atoms with van der Waals surface area (Å²) in [5.74, 6) is -0.751. The zero-order chi connectivity index (χ0) is 22.3. The average molecular weight is 439 g/mol. The largest absolute Gasteiger partial charge is 0.394 e. The molecule has 0 heterocycles. The van der Waals surface area contributed by atoms with Crippen LogP contribution in [0.25, 0.3) is 0 Å². The predicted octanol–water partition coefficient (Wildman–Crippen LogP) is -0.895. The van der Waals surface area contributed by atoms with Gasteiger partial charge in [-0.15, -0.1) is 4.83 Å². The number of para-hydroxylation sites is 1. The van der Waals surface area contributed by atoms with Crippen molar-refractivity contribution in [2.45, 2.75) is 30.1 Å². The van der Waals surface area contributed by atoms with E-state index < -0.39 is 40.8 Å². The molecule has 2 rings (SSSR count). The van der Waals surface area contributed by atoms with Gasteiger partial charge < -0.3 is 25.7 Å². The zero-order valence-corrected chi connectivity index (χ0v) is 17.0. The van der Waals surface area contributed by atoms with Gasteiger partial charge in [0, 0.05) is 12.2 Å². The molecule has 10 nitrogen and oxygen atoms in total. The number of anilines is 1. The summed E-state index contributed by atoms with van der Waals surface area (Å²) in [4.78, 5) is 14.5. The number of benzene rings is 2. The summed E-state index contributed by atoms with van der Waals surface area (Å²) in [6.45, 7) is 0.853. The summed E-state index contributed by atoms with van der Waals surface area (Å²) < 4.78 is 24.6. The van der Waals surface area contributed by atoms with Crippen molar-refractivity contribution >= 4 is 21.6 Å². The maximum atomic E-state index is 12.5. The Morgan fingerprint density at radius 3 is 2.27 bits per heavy atom. The molecule has 1 amide bonds. The summed E-state index contributed by atoms with van der Waals surface area (Å²) in [7, 11) is -3.97. The molecule has 0 saturated carbocycles. The predicted molar refractivity (Wildman–Crippen MR) is 109 cm³/mol. The second kappa shape index (κ2) is 10.5. The monoisotopic (exact) mass is 439 g/mol. The van der Waals surface area contributed by atoms with Crippen LogP contribution in [0.1, 0.15) is 15.9 Å². The Balaban J connectivity index is 2.04. The van der Waals surface area contributed by atoms with Crippen molar-refractivity contribution in [1.29, 1.82) is 0 Å². The molecule has 0 saturated heterocycles. The summed E-state index contributed by atoms with van der Waals surface area (Å²) in [6.07, 6.45) is -4.54. The third-order valence-electron chi connectivity index (χ3n) is 4.28. The van der Waals surface area contributed by atoms with Crippen LogP contribution in [0.4, 0.5) is 5.69 Å². The SMILES string of the molecule is Cc1ccc(S(=O)(=O)NNC(=O)c2ccccc2NC[C@@H](O)[C@H](O)[C@H](O)CO)cc1. The van der Waals surface area contributed by atoms with Gasteiger partial charge in [0.15, 0.2) is 0 Å². The van der Waals surface area contributed by atoms with E-state index in [0.717, 1.165) is 5.56 Å². The number of aliphatic hydroxyl groups excluding tert-OH is 4. The number of carbonyl (C=O) groups is 1. The third kappa shape index (κ3) is 6.23. The number of rotatable bonds is 10. The lowest BCUT2D eigenvalue weighted by Crippen LogP contribution is -2.43. The zero-order valence-electron chi connectivity index (χ0n) is 16.2. The lowest BCUT2D eigenvalue weighted by Gasteiger charge is -2.22. The van der Waals surface area contributed by atoms with Gasteiger partial charge in [-0.3, -0.25) is 10.2 Å². The van der Waals surface area contributed by atoms with Crippen molar-refractivity contribution in [3.05, 3.63) is 59.7 Å². The fourth-order valence-electron chi connectivity index (χ4n) is 2.49.